The second-order valence-electron chi connectivity index (χ2n) is 7.49. The van der Waals surface area contributed by atoms with Crippen molar-refractivity contribution in [1.29, 1.82) is 0 Å². The lowest BCUT2D eigenvalue weighted by Gasteiger charge is -2.11. The van der Waals surface area contributed by atoms with Crippen LogP contribution >= 0.6 is 0 Å². The SMILES string of the molecule is CCCOS(=O)(=O)c1ccc(C)cc1-n1cc(COCCNCc2ccc(C=O)cc2)nn1. The van der Waals surface area contributed by atoms with Crippen molar-refractivity contribution in [3.8, 4) is 5.69 Å². The topological polar surface area (TPSA) is 112 Å². The largest absolute Gasteiger partial charge is 0.374 e. The molecule has 3 aromatic rings. The molecule has 0 unspecified atom stereocenters. The number of hydrogen-bond acceptors (Lipinski definition) is 8. The van der Waals surface area contributed by atoms with Crippen molar-refractivity contribution < 1.29 is 22.1 Å². The van der Waals surface area contributed by atoms with Gasteiger partial charge in [-0.05, 0) is 36.6 Å². The number of rotatable bonds is 13. The van der Waals surface area contributed by atoms with E-state index < -0.39 is 10.1 Å². The minimum absolute atomic E-state index is 0.0456. The first-order valence-electron chi connectivity index (χ1n) is 10.7. The molecule has 1 heterocycles. The van der Waals surface area contributed by atoms with E-state index in [9.17, 15) is 13.2 Å². The van der Waals surface area contributed by atoms with E-state index in [0.29, 0.717) is 43.1 Å². The van der Waals surface area contributed by atoms with Gasteiger partial charge >= 0.3 is 0 Å². The third-order valence-electron chi connectivity index (χ3n) is 4.73. The van der Waals surface area contributed by atoms with Gasteiger partial charge in [-0.15, -0.1) is 5.10 Å². The summed E-state index contributed by atoms with van der Waals surface area (Å²) in [5, 5.41) is 11.4. The van der Waals surface area contributed by atoms with Crippen molar-refractivity contribution in [1.82, 2.24) is 20.3 Å². The lowest BCUT2D eigenvalue weighted by Crippen LogP contribution is -2.19. The number of hydrogen-bond donors (Lipinski definition) is 1. The highest BCUT2D eigenvalue weighted by Crippen LogP contribution is 2.23. The van der Waals surface area contributed by atoms with Crippen molar-refractivity contribution in [3.05, 3.63) is 71.0 Å². The van der Waals surface area contributed by atoms with Crippen LogP contribution in [0.15, 0.2) is 53.6 Å². The maximum absolute atomic E-state index is 12.6. The molecule has 10 heteroatoms. The molecule has 0 aliphatic rings. The fraction of sp³-hybridized carbons (Fsp3) is 0.348. The molecule has 0 radical (unpaired) electrons. The van der Waals surface area contributed by atoms with Gasteiger partial charge in [0.15, 0.2) is 0 Å². The lowest BCUT2D eigenvalue weighted by atomic mass is 10.1. The summed E-state index contributed by atoms with van der Waals surface area (Å²) in [4.78, 5) is 10.7. The standard InChI is InChI=1S/C23H28N4O5S/c1-3-11-32-33(29,30)23-9-4-18(2)13-22(23)27-15-21(25-26-27)17-31-12-10-24-14-19-5-7-20(16-28)8-6-19/h4-9,13,15-16,24H,3,10-12,14,17H2,1-2H3. The molecule has 0 saturated heterocycles. The molecule has 0 atom stereocenters. The summed E-state index contributed by atoms with van der Waals surface area (Å²) >= 11 is 0. The van der Waals surface area contributed by atoms with E-state index in [1.807, 2.05) is 26.0 Å². The molecular weight excluding hydrogens is 444 g/mol. The van der Waals surface area contributed by atoms with Crippen LogP contribution in [0.1, 0.15) is 40.5 Å². The fourth-order valence-electron chi connectivity index (χ4n) is 3.02. The van der Waals surface area contributed by atoms with Gasteiger partial charge in [0, 0.05) is 18.7 Å². The van der Waals surface area contributed by atoms with E-state index >= 15 is 0 Å². The smallest absolute Gasteiger partial charge is 0.299 e. The Kier molecular flexibility index (Phi) is 8.84. The van der Waals surface area contributed by atoms with Crippen molar-refractivity contribution >= 4 is 16.4 Å². The molecule has 3 rings (SSSR count). The Hall–Kier alpha value is -2.92. The van der Waals surface area contributed by atoms with Gasteiger partial charge in [-0.2, -0.15) is 8.42 Å². The maximum atomic E-state index is 12.6. The second-order valence-corrected chi connectivity index (χ2v) is 9.07. The number of ether oxygens (including phenoxy) is 1. The zero-order valence-electron chi connectivity index (χ0n) is 18.7. The van der Waals surface area contributed by atoms with Crippen LogP contribution in [0.4, 0.5) is 0 Å². The Balaban J connectivity index is 1.53. The molecular formula is C23H28N4O5S. The number of aryl methyl sites for hydroxylation is 1. The molecule has 0 fully saturated rings. The number of nitrogens with one attached hydrogen (secondary N) is 1. The minimum Gasteiger partial charge on any atom is -0.374 e. The monoisotopic (exact) mass is 472 g/mol. The Labute approximate surface area is 193 Å². The molecule has 1 aromatic heterocycles. The first kappa shape index (κ1) is 24.7. The molecule has 1 N–H and O–H groups in total. The van der Waals surface area contributed by atoms with Crippen molar-refractivity contribution in [2.24, 2.45) is 0 Å². The lowest BCUT2D eigenvalue weighted by molar-refractivity contribution is 0.112. The molecule has 0 bridgehead atoms. The minimum atomic E-state index is -3.91. The molecule has 0 spiro atoms. The Morgan fingerprint density at radius 1 is 1.12 bits per heavy atom. The van der Waals surface area contributed by atoms with Crippen molar-refractivity contribution in [2.75, 3.05) is 19.8 Å². The van der Waals surface area contributed by atoms with Crippen LogP contribution in [0.2, 0.25) is 0 Å². The van der Waals surface area contributed by atoms with Gasteiger partial charge < -0.3 is 10.1 Å². The first-order valence-corrected chi connectivity index (χ1v) is 12.1. The molecule has 9 nitrogen and oxygen atoms in total. The van der Waals surface area contributed by atoms with Crippen molar-refractivity contribution in [3.63, 3.8) is 0 Å². The summed E-state index contributed by atoms with van der Waals surface area (Å²) in [5.41, 5.74) is 3.58. The van der Waals surface area contributed by atoms with Gasteiger partial charge in [0.2, 0.25) is 0 Å². The fourth-order valence-corrected chi connectivity index (χ4v) is 4.18. The Morgan fingerprint density at radius 2 is 1.91 bits per heavy atom. The average Bonchev–Trinajstić information content (AvgIpc) is 3.29. The van der Waals surface area contributed by atoms with Crippen LogP contribution in [-0.2, 0) is 32.2 Å². The molecule has 0 amide bonds. The van der Waals surface area contributed by atoms with Gasteiger partial charge in [-0.1, -0.05) is 42.5 Å². The molecule has 0 aliphatic carbocycles. The highest BCUT2D eigenvalue weighted by molar-refractivity contribution is 7.86. The summed E-state index contributed by atoms with van der Waals surface area (Å²) in [6.45, 7) is 5.85. The number of aromatic nitrogens is 3. The van der Waals surface area contributed by atoms with Crippen LogP contribution in [-0.4, -0.2) is 49.5 Å². The quantitative estimate of drug-likeness (QED) is 0.230. The normalized spacial score (nSPS) is 11.6. The number of carbonyl (C=O) groups is 1. The predicted molar refractivity (Wildman–Crippen MR) is 123 cm³/mol. The van der Waals surface area contributed by atoms with E-state index in [4.69, 9.17) is 8.92 Å². The zero-order valence-corrected chi connectivity index (χ0v) is 19.5. The molecule has 0 aliphatic heterocycles. The third kappa shape index (κ3) is 7.03. The van der Waals surface area contributed by atoms with Crippen LogP contribution in [0.3, 0.4) is 0 Å². The third-order valence-corrected chi connectivity index (χ3v) is 6.09. The predicted octanol–water partition coefficient (Wildman–Crippen LogP) is 2.81. The first-order chi connectivity index (χ1) is 15.9. The number of benzene rings is 2. The summed E-state index contributed by atoms with van der Waals surface area (Å²) < 4.78 is 37.3. The summed E-state index contributed by atoms with van der Waals surface area (Å²) in [7, 11) is -3.91. The molecule has 33 heavy (non-hydrogen) atoms. The Bertz CT molecular complexity index is 1160. The number of carbonyl (C=O) groups excluding carboxylic acids is 1. The number of nitrogens with zero attached hydrogens (tertiary/aromatic N) is 3. The summed E-state index contributed by atoms with van der Waals surface area (Å²) in [6, 6.07) is 12.3. The van der Waals surface area contributed by atoms with E-state index in [-0.39, 0.29) is 18.1 Å². The van der Waals surface area contributed by atoms with Crippen molar-refractivity contribution in [2.45, 2.75) is 38.3 Å². The average molecular weight is 473 g/mol. The van der Waals surface area contributed by atoms with Gasteiger partial charge in [0.05, 0.1) is 31.7 Å². The van der Waals surface area contributed by atoms with Gasteiger partial charge in [-0.3, -0.25) is 8.98 Å². The highest BCUT2D eigenvalue weighted by atomic mass is 32.2. The maximum Gasteiger partial charge on any atom is 0.299 e. The van der Waals surface area contributed by atoms with Crippen LogP contribution in [0.5, 0.6) is 0 Å². The number of aldehydes is 1. The van der Waals surface area contributed by atoms with Crippen LogP contribution in [0.25, 0.3) is 5.69 Å². The highest BCUT2D eigenvalue weighted by Gasteiger charge is 2.21. The second kappa shape index (κ2) is 11.8. The molecule has 2 aromatic carbocycles. The van der Waals surface area contributed by atoms with E-state index in [2.05, 4.69) is 15.6 Å². The van der Waals surface area contributed by atoms with Gasteiger partial charge in [-0.25, -0.2) is 4.68 Å². The van der Waals surface area contributed by atoms with Crippen LogP contribution in [0, 0.1) is 6.92 Å². The summed E-state index contributed by atoms with van der Waals surface area (Å²) in [5.74, 6) is 0. The van der Waals surface area contributed by atoms with Gasteiger partial charge in [0.1, 0.15) is 16.9 Å². The van der Waals surface area contributed by atoms with E-state index in [1.165, 1.54) is 10.7 Å². The van der Waals surface area contributed by atoms with E-state index in [0.717, 1.165) is 17.4 Å². The Morgan fingerprint density at radius 3 is 2.64 bits per heavy atom. The molecule has 176 valence electrons. The zero-order chi connectivity index (χ0) is 23.7. The summed E-state index contributed by atoms with van der Waals surface area (Å²) in [6.07, 6.45) is 3.06. The van der Waals surface area contributed by atoms with E-state index in [1.54, 1.807) is 30.5 Å². The van der Waals surface area contributed by atoms with Crippen LogP contribution < -0.4 is 5.32 Å². The van der Waals surface area contributed by atoms with Gasteiger partial charge in [0.25, 0.3) is 10.1 Å². The molecule has 0 saturated carbocycles.